The highest BCUT2D eigenvalue weighted by atomic mass is 35.5. The van der Waals surface area contributed by atoms with Crippen molar-refractivity contribution < 1.29 is 0 Å². The van der Waals surface area contributed by atoms with Gasteiger partial charge in [0.2, 0.25) is 0 Å². The number of hydrogen-bond donors (Lipinski definition) is 1. The van der Waals surface area contributed by atoms with Crippen LogP contribution in [-0.2, 0) is 6.54 Å². The van der Waals surface area contributed by atoms with E-state index < -0.39 is 0 Å². The zero-order valence-electron chi connectivity index (χ0n) is 8.85. The molecular weight excluding hydrogens is 242 g/mol. The molecule has 2 rings (SSSR count). The zero-order chi connectivity index (χ0) is 11.4. The quantitative estimate of drug-likeness (QED) is 0.910. The first-order valence-corrected chi connectivity index (χ1v) is 6.18. The number of nitrogens with one attached hydrogen (secondary N) is 1. The number of hydrogen-bond acceptors (Lipinski definition) is 4. The fourth-order valence-corrected chi connectivity index (χ4v) is 2.43. The Bertz CT molecular complexity index is 444. The Labute approximate surface area is 104 Å². The Hall–Kier alpha value is -0.970. The zero-order valence-corrected chi connectivity index (χ0v) is 10.4. The predicted octanol–water partition coefficient (Wildman–Crippen LogP) is 3.04. The summed E-state index contributed by atoms with van der Waals surface area (Å²) in [7, 11) is 0. The second-order valence-electron chi connectivity index (χ2n) is 3.44. The Morgan fingerprint density at radius 1 is 1.44 bits per heavy atom. The molecule has 84 valence electrons. The van der Waals surface area contributed by atoms with Crippen LogP contribution < -0.4 is 5.32 Å². The summed E-state index contributed by atoms with van der Waals surface area (Å²) in [6, 6.07) is 4.24. The summed E-state index contributed by atoms with van der Waals surface area (Å²) in [6.07, 6.45) is 5.14. The fourth-order valence-electron chi connectivity index (χ4n) is 1.34. The number of aromatic nitrogens is 2. The Morgan fingerprint density at radius 2 is 2.31 bits per heavy atom. The largest absolute Gasteiger partial charge is 0.304 e. The van der Waals surface area contributed by atoms with E-state index in [1.807, 2.05) is 12.1 Å². The van der Waals surface area contributed by atoms with E-state index in [0.29, 0.717) is 6.54 Å². The van der Waals surface area contributed by atoms with Gasteiger partial charge >= 0.3 is 0 Å². The highest BCUT2D eigenvalue weighted by molar-refractivity contribution is 7.16. The molecule has 1 N–H and O–H groups in total. The minimum Gasteiger partial charge on any atom is -0.304 e. The van der Waals surface area contributed by atoms with Gasteiger partial charge in [-0.15, -0.1) is 11.3 Å². The molecule has 0 aliphatic heterocycles. The molecular formula is C11H12ClN3S. The van der Waals surface area contributed by atoms with Gasteiger partial charge in [0.05, 0.1) is 10.0 Å². The average molecular weight is 254 g/mol. The van der Waals surface area contributed by atoms with Crippen LogP contribution in [0.3, 0.4) is 0 Å². The molecule has 0 aliphatic rings. The van der Waals surface area contributed by atoms with E-state index in [1.54, 1.807) is 29.9 Å². The van der Waals surface area contributed by atoms with Crippen LogP contribution >= 0.6 is 22.9 Å². The Kier molecular flexibility index (Phi) is 3.88. The molecule has 0 saturated carbocycles. The van der Waals surface area contributed by atoms with Crippen LogP contribution in [0.2, 0.25) is 4.34 Å². The maximum Gasteiger partial charge on any atom is 0.0931 e. The summed E-state index contributed by atoms with van der Waals surface area (Å²) in [4.78, 5) is 9.45. The van der Waals surface area contributed by atoms with Crippen molar-refractivity contribution in [2.75, 3.05) is 0 Å². The van der Waals surface area contributed by atoms with Gasteiger partial charge in [-0.1, -0.05) is 11.6 Å². The fraction of sp³-hybridized carbons (Fsp3) is 0.273. The third-order valence-electron chi connectivity index (χ3n) is 2.23. The average Bonchev–Trinajstić information content (AvgIpc) is 2.74. The van der Waals surface area contributed by atoms with Gasteiger partial charge in [-0.25, -0.2) is 0 Å². The second-order valence-corrected chi connectivity index (χ2v) is 5.19. The minimum absolute atomic E-state index is 0.277. The summed E-state index contributed by atoms with van der Waals surface area (Å²) < 4.78 is 0.822. The molecule has 1 atom stereocenters. The van der Waals surface area contributed by atoms with Gasteiger partial charge in [-0.05, 0) is 19.1 Å². The van der Waals surface area contributed by atoms with Crippen molar-refractivity contribution in [2.24, 2.45) is 0 Å². The first-order valence-electron chi connectivity index (χ1n) is 4.99. The van der Waals surface area contributed by atoms with Crippen LogP contribution in [0.4, 0.5) is 0 Å². The molecule has 0 saturated heterocycles. The van der Waals surface area contributed by atoms with Gasteiger partial charge in [-0.2, -0.15) is 0 Å². The lowest BCUT2D eigenvalue weighted by atomic mass is 10.2. The van der Waals surface area contributed by atoms with Gasteiger partial charge in [0.25, 0.3) is 0 Å². The summed E-state index contributed by atoms with van der Waals surface area (Å²) in [5.41, 5.74) is 0.942. The van der Waals surface area contributed by atoms with Crippen molar-refractivity contribution in [1.29, 1.82) is 0 Å². The maximum atomic E-state index is 5.89. The van der Waals surface area contributed by atoms with Gasteiger partial charge in [0, 0.05) is 36.1 Å². The number of rotatable bonds is 4. The van der Waals surface area contributed by atoms with Crippen molar-refractivity contribution >= 4 is 22.9 Å². The van der Waals surface area contributed by atoms with Crippen LogP contribution in [0, 0.1) is 0 Å². The van der Waals surface area contributed by atoms with E-state index in [1.165, 1.54) is 4.88 Å². The molecule has 0 radical (unpaired) electrons. The van der Waals surface area contributed by atoms with Crippen molar-refractivity contribution in [3.63, 3.8) is 0 Å². The summed E-state index contributed by atoms with van der Waals surface area (Å²) >= 11 is 7.49. The van der Waals surface area contributed by atoms with Crippen LogP contribution in [0.1, 0.15) is 23.5 Å². The van der Waals surface area contributed by atoms with Crippen LogP contribution in [-0.4, -0.2) is 9.97 Å². The molecule has 0 fully saturated rings. The molecule has 5 heteroatoms. The van der Waals surface area contributed by atoms with E-state index in [9.17, 15) is 0 Å². The first kappa shape index (κ1) is 11.5. The van der Waals surface area contributed by atoms with Crippen LogP contribution in [0.25, 0.3) is 0 Å². The summed E-state index contributed by atoms with van der Waals surface area (Å²) in [5, 5.41) is 3.38. The lowest BCUT2D eigenvalue weighted by molar-refractivity contribution is 0.574. The monoisotopic (exact) mass is 253 g/mol. The maximum absolute atomic E-state index is 5.89. The Balaban J connectivity index is 1.91. The van der Waals surface area contributed by atoms with Crippen LogP contribution in [0.15, 0.2) is 30.7 Å². The molecule has 0 spiro atoms. The standard InChI is InChI=1S/C11H12ClN3S/c1-8(10-2-3-11(12)16-10)15-7-9-6-13-4-5-14-9/h2-6,8,15H,7H2,1H3. The van der Waals surface area contributed by atoms with Crippen LogP contribution in [0.5, 0.6) is 0 Å². The lowest BCUT2D eigenvalue weighted by Crippen LogP contribution is -2.17. The van der Waals surface area contributed by atoms with E-state index in [-0.39, 0.29) is 6.04 Å². The molecule has 16 heavy (non-hydrogen) atoms. The number of halogens is 1. The van der Waals surface area contributed by atoms with E-state index >= 15 is 0 Å². The smallest absolute Gasteiger partial charge is 0.0931 e. The van der Waals surface area contributed by atoms with E-state index in [4.69, 9.17) is 11.6 Å². The van der Waals surface area contributed by atoms with Crippen molar-refractivity contribution in [1.82, 2.24) is 15.3 Å². The van der Waals surface area contributed by atoms with Gasteiger partial charge < -0.3 is 5.32 Å². The summed E-state index contributed by atoms with van der Waals surface area (Å²) in [5.74, 6) is 0. The lowest BCUT2D eigenvalue weighted by Gasteiger charge is -2.10. The third kappa shape index (κ3) is 3.01. The Morgan fingerprint density at radius 3 is 2.94 bits per heavy atom. The highest BCUT2D eigenvalue weighted by Gasteiger charge is 2.07. The topological polar surface area (TPSA) is 37.8 Å². The van der Waals surface area contributed by atoms with Gasteiger partial charge in [0.15, 0.2) is 0 Å². The minimum atomic E-state index is 0.277. The second kappa shape index (κ2) is 5.39. The molecule has 2 aromatic heterocycles. The molecule has 2 heterocycles. The molecule has 0 aliphatic carbocycles. The normalized spacial score (nSPS) is 12.6. The van der Waals surface area contributed by atoms with Crippen molar-refractivity contribution in [2.45, 2.75) is 19.5 Å². The molecule has 0 amide bonds. The van der Waals surface area contributed by atoms with Gasteiger partial charge in [0.1, 0.15) is 0 Å². The number of nitrogens with zero attached hydrogens (tertiary/aromatic N) is 2. The predicted molar refractivity (Wildman–Crippen MR) is 66.6 cm³/mol. The van der Waals surface area contributed by atoms with Crippen molar-refractivity contribution in [3.05, 3.63) is 45.6 Å². The molecule has 2 aromatic rings. The van der Waals surface area contributed by atoms with Crippen molar-refractivity contribution in [3.8, 4) is 0 Å². The number of thiophene rings is 1. The van der Waals surface area contributed by atoms with E-state index in [2.05, 4.69) is 22.2 Å². The van der Waals surface area contributed by atoms with E-state index in [0.717, 1.165) is 10.0 Å². The molecule has 0 bridgehead atoms. The van der Waals surface area contributed by atoms with Gasteiger partial charge in [-0.3, -0.25) is 9.97 Å². The molecule has 0 aromatic carbocycles. The molecule has 1 unspecified atom stereocenters. The summed E-state index contributed by atoms with van der Waals surface area (Å²) in [6.45, 7) is 2.82. The highest BCUT2D eigenvalue weighted by Crippen LogP contribution is 2.26. The first-order chi connectivity index (χ1) is 7.75. The molecule has 3 nitrogen and oxygen atoms in total. The third-order valence-corrected chi connectivity index (χ3v) is 3.64. The SMILES string of the molecule is CC(NCc1cnccn1)c1ccc(Cl)s1.